The number of anilines is 1. The minimum Gasteiger partial charge on any atom is -0.508 e. The van der Waals surface area contributed by atoms with E-state index in [1.54, 1.807) is 36.4 Å². The summed E-state index contributed by atoms with van der Waals surface area (Å²) in [7, 11) is 1.36. The Bertz CT molecular complexity index is 581. The zero-order valence-corrected chi connectivity index (χ0v) is 10.6. The molecule has 2 aromatic rings. The maximum Gasteiger partial charge on any atom is 0.337 e. The molecule has 0 aliphatic rings. The summed E-state index contributed by atoms with van der Waals surface area (Å²) in [5.41, 5.74) is 2.29. The maximum absolute atomic E-state index is 11.4. The van der Waals surface area contributed by atoms with Crippen molar-refractivity contribution in [2.45, 2.75) is 6.54 Å². The number of ether oxygens (including phenoxy) is 1. The summed E-state index contributed by atoms with van der Waals surface area (Å²) in [4.78, 5) is 11.4. The highest BCUT2D eigenvalue weighted by Crippen LogP contribution is 2.15. The summed E-state index contributed by atoms with van der Waals surface area (Å²) in [6.07, 6.45) is 0. The fourth-order valence-electron chi connectivity index (χ4n) is 1.74. The first-order chi connectivity index (χ1) is 9.19. The molecule has 0 bridgehead atoms. The van der Waals surface area contributed by atoms with E-state index in [2.05, 4.69) is 10.1 Å². The lowest BCUT2D eigenvalue weighted by atomic mass is 10.2. The minimum atomic E-state index is -0.360. The number of benzene rings is 2. The van der Waals surface area contributed by atoms with E-state index in [9.17, 15) is 9.90 Å². The van der Waals surface area contributed by atoms with Crippen LogP contribution in [-0.4, -0.2) is 18.2 Å². The third-order valence-electron chi connectivity index (χ3n) is 2.69. The molecular formula is C15H15NO3. The lowest BCUT2D eigenvalue weighted by Crippen LogP contribution is -2.03. The Morgan fingerprint density at radius 1 is 1.21 bits per heavy atom. The van der Waals surface area contributed by atoms with E-state index >= 15 is 0 Å². The number of phenolic OH excluding ortho intramolecular Hbond substituents is 1. The summed E-state index contributed by atoms with van der Waals surface area (Å²) >= 11 is 0. The number of carbonyl (C=O) groups is 1. The van der Waals surface area contributed by atoms with Crippen molar-refractivity contribution >= 4 is 11.7 Å². The zero-order chi connectivity index (χ0) is 13.7. The molecule has 0 saturated heterocycles. The Labute approximate surface area is 111 Å². The highest BCUT2D eigenvalue weighted by molar-refractivity contribution is 5.90. The molecule has 0 saturated carbocycles. The first-order valence-electron chi connectivity index (χ1n) is 5.89. The maximum atomic E-state index is 11.4. The van der Waals surface area contributed by atoms with Gasteiger partial charge in [0.05, 0.1) is 12.7 Å². The van der Waals surface area contributed by atoms with Gasteiger partial charge >= 0.3 is 5.97 Å². The molecule has 0 atom stereocenters. The van der Waals surface area contributed by atoms with Crippen molar-refractivity contribution in [3.05, 3.63) is 59.7 Å². The van der Waals surface area contributed by atoms with E-state index in [-0.39, 0.29) is 11.7 Å². The molecule has 0 heterocycles. The van der Waals surface area contributed by atoms with E-state index in [0.717, 1.165) is 11.3 Å². The van der Waals surface area contributed by atoms with Crippen LogP contribution in [0.2, 0.25) is 0 Å². The van der Waals surface area contributed by atoms with E-state index < -0.39 is 0 Å². The zero-order valence-electron chi connectivity index (χ0n) is 10.6. The number of hydrogen-bond acceptors (Lipinski definition) is 4. The first-order valence-corrected chi connectivity index (χ1v) is 5.89. The molecule has 0 fully saturated rings. The summed E-state index contributed by atoms with van der Waals surface area (Å²) in [6, 6.07) is 14.1. The third kappa shape index (κ3) is 3.48. The van der Waals surface area contributed by atoms with E-state index in [1.807, 2.05) is 12.1 Å². The number of carbonyl (C=O) groups excluding carboxylic acids is 1. The van der Waals surface area contributed by atoms with Gasteiger partial charge in [-0.1, -0.05) is 18.2 Å². The Balaban J connectivity index is 2.05. The van der Waals surface area contributed by atoms with Crippen molar-refractivity contribution < 1.29 is 14.6 Å². The number of aromatic hydroxyl groups is 1. The number of methoxy groups -OCH3 is 1. The van der Waals surface area contributed by atoms with Crippen molar-refractivity contribution in [3.8, 4) is 5.75 Å². The molecule has 0 aromatic heterocycles. The average molecular weight is 257 g/mol. The van der Waals surface area contributed by atoms with Crippen LogP contribution in [0.25, 0.3) is 0 Å². The lowest BCUT2D eigenvalue weighted by Gasteiger charge is -2.08. The quantitative estimate of drug-likeness (QED) is 0.827. The average Bonchev–Trinajstić information content (AvgIpc) is 2.45. The number of nitrogens with one attached hydrogen (secondary N) is 1. The van der Waals surface area contributed by atoms with Crippen molar-refractivity contribution in [2.75, 3.05) is 12.4 Å². The summed E-state index contributed by atoms with van der Waals surface area (Å²) in [6.45, 7) is 0.568. The molecule has 0 amide bonds. The smallest absolute Gasteiger partial charge is 0.337 e. The van der Waals surface area contributed by atoms with E-state index in [0.29, 0.717) is 12.1 Å². The van der Waals surface area contributed by atoms with E-state index in [4.69, 9.17) is 0 Å². The molecule has 4 heteroatoms. The fraction of sp³-hybridized carbons (Fsp3) is 0.133. The molecule has 0 spiro atoms. The number of hydrogen-bond donors (Lipinski definition) is 2. The van der Waals surface area contributed by atoms with Crippen LogP contribution in [0.5, 0.6) is 5.75 Å². The van der Waals surface area contributed by atoms with Gasteiger partial charge in [-0.3, -0.25) is 0 Å². The Morgan fingerprint density at radius 2 is 2.00 bits per heavy atom. The Kier molecular flexibility index (Phi) is 4.03. The molecule has 98 valence electrons. The van der Waals surface area contributed by atoms with Crippen LogP contribution in [0.3, 0.4) is 0 Å². The molecule has 2 N–H and O–H groups in total. The van der Waals surface area contributed by atoms with Gasteiger partial charge in [0.2, 0.25) is 0 Å². The highest BCUT2D eigenvalue weighted by atomic mass is 16.5. The normalized spacial score (nSPS) is 9.95. The predicted molar refractivity (Wildman–Crippen MR) is 73.2 cm³/mol. The molecular weight excluding hydrogens is 242 g/mol. The second-order valence-electron chi connectivity index (χ2n) is 4.10. The van der Waals surface area contributed by atoms with Crippen molar-refractivity contribution in [3.63, 3.8) is 0 Å². The van der Waals surface area contributed by atoms with Crippen molar-refractivity contribution in [1.29, 1.82) is 0 Å². The monoisotopic (exact) mass is 257 g/mol. The fourth-order valence-corrected chi connectivity index (χ4v) is 1.74. The second-order valence-corrected chi connectivity index (χ2v) is 4.10. The molecule has 2 rings (SSSR count). The van der Waals surface area contributed by atoms with Gasteiger partial charge in [-0.25, -0.2) is 4.79 Å². The number of rotatable bonds is 4. The second kappa shape index (κ2) is 5.91. The van der Waals surface area contributed by atoms with Crippen LogP contribution in [0.15, 0.2) is 48.5 Å². The van der Waals surface area contributed by atoms with Gasteiger partial charge in [-0.15, -0.1) is 0 Å². The largest absolute Gasteiger partial charge is 0.508 e. The summed E-state index contributed by atoms with van der Waals surface area (Å²) in [5, 5.41) is 12.6. The molecule has 19 heavy (non-hydrogen) atoms. The van der Waals surface area contributed by atoms with Crippen molar-refractivity contribution in [2.24, 2.45) is 0 Å². The molecule has 0 unspecified atom stereocenters. The molecule has 2 aromatic carbocycles. The predicted octanol–water partition coefficient (Wildman–Crippen LogP) is 2.79. The Morgan fingerprint density at radius 3 is 2.74 bits per heavy atom. The van der Waals surface area contributed by atoms with Crippen LogP contribution < -0.4 is 5.32 Å². The third-order valence-corrected chi connectivity index (χ3v) is 2.69. The topological polar surface area (TPSA) is 58.6 Å². The first kappa shape index (κ1) is 13.0. The van der Waals surface area contributed by atoms with Crippen LogP contribution >= 0.6 is 0 Å². The van der Waals surface area contributed by atoms with Crippen LogP contribution in [0.1, 0.15) is 15.9 Å². The van der Waals surface area contributed by atoms with Gasteiger partial charge in [0, 0.05) is 12.2 Å². The number of phenols is 1. The van der Waals surface area contributed by atoms with Gasteiger partial charge in [-0.2, -0.15) is 0 Å². The van der Waals surface area contributed by atoms with Crippen LogP contribution in [0, 0.1) is 0 Å². The molecule has 0 aliphatic carbocycles. The Hall–Kier alpha value is -2.49. The lowest BCUT2D eigenvalue weighted by molar-refractivity contribution is 0.0601. The highest BCUT2D eigenvalue weighted by Gasteiger charge is 2.05. The summed E-state index contributed by atoms with van der Waals surface area (Å²) in [5.74, 6) is -0.122. The van der Waals surface area contributed by atoms with Gasteiger partial charge < -0.3 is 15.2 Å². The number of esters is 1. The van der Waals surface area contributed by atoms with Gasteiger partial charge in [0.25, 0.3) is 0 Å². The molecule has 4 nitrogen and oxygen atoms in total. The van der Waals surface area contributed by atoms with Gasteiger partial charge in [0.1, 0.15) is 5.75 Å². The van der Waals surface area contributed by atoms with E-state index in [1.165, 1.54) is 7.11 Å². The SMILES string of the molecule is COC(=O)c1cccc(NCc2cccc(O)c2)c1. The molecule has 0 aliphatic heterocycles. The molecule has 0 radical (unpaired) electrons. The van der Waals surface area contributed by atoms with Gasteiger partial charge in [-0.05, 0) is 35.9 Å². The van der Waals surface area contributed by atoms with Crippen molar-refractivity contribution in [1.82, 2.24) is 0 Å². The standard InChI is InChI=1S/C15H15NO3/c1-19-15(18)12-5-3-6-13(9-12)16-10-11-4-2-7-14(17)8-11/h2-9,16-17H,10H2,1H3. The van der Waals surface area contributed by atoms with Gasteiger partial charge in [0.15, 0.2) is 0 Å². The summed E-state index contributed by atoms with van der Waals surface area (Å²) < 4.78 is 4.67. The van der Waals surface area contributed by atoms with Crippen LogP contribution in [0.4, 0.5) is 5.69 Å². The minimum absolute atomic E-state index is 0.239. The van der Waals surface area contributed by atoms with Crippen LogP contribution in [-0.2, 0) is 11.3 Å².